The summed E-state index contributed by atoms with van der Waals surface area (Å²) < 4.78 is 11.1. The molecule has 1 saturated heterocycles. The first-order chi connectivity index (χ1) is 12.1. The summed E-state index contributed by atoms with van der Waals surface area (Å²) in [7, 11) is 0. The van der Waals surface area contributed by atoms with Crippen molar-refractivity contribution in [2.45, 2.75) is 38.3 Å². The van der Waals surface area contributed by atoms with Crippen molar-refractivity contribution in [2.75, 3.05) is 25.0 Å². The predicted octanol–water partition coefficient (Wildman–Crippen LogP) is 3.33. The molecule has 6 nitrogen and oxygen atoms in total. The number of ether oxygens (including phenoxy) is 1. The number of likely N-dealkylation sites (tertiary alicyclic amines) is 1. The second-order valence-electron chi connectivity index (χ2n) is 7.14. The van der Waals surface area contributed by atoms with E-state index in [2.05, 4.69) is 15.2 Å². The molecule has 1 unspecified atom stereocenters. The van der Waals surface area contributed by atoms with E-state index in [0.29, 0.717) is 17.9 Å². The number of carbonyl (C=O) groups is 1. The van der Waals surface area contributed by atoms with Crippen LogP contribution < -0.4 is 5.32 Å². The SMILES string of the molecule is CC1(C)OC(=O)c2c1ccnc2NCC(c1ccco1)N1CCCC1. The molecule has 0 saturated carbocycles. The summed E-state index contributed by atoms with van der Waals surface area (Å²) in [4.78, 5) is 19.1. The van der Waals surface area contributed by atoms with Gasteiger partial charge in [-0.05, 0) is 58.0 Å². The number of nitrogens with zero attached hydrogens (tertiary/aromatic N) is 2. The average Bonchev–Trinajstić information content (AvgIpc) is 3.31. The molecule has 1 atom stereocenters. The summed E-state index contributed by atoms with van der Waals surface area (Å²) in [5, 5.41) is 3.36. The number of esters is 1. The number of cyclic esters (lactones) is 1. The Labute approximate surface area is 147 Å². The molecule has 4 heterocycles. The highest BCUT2D eigenvalue weighted by Crippen LogP contribution is 2.38. The van der Waals surface area contributed by atoms with Gasteiger partial charge in [0.15, 0.2) is 0 Å². The fourth-order valence-corrected chi connectivity index (χ4v) is 3.78. The zero-order valence-electron chi connectivity index (χ0n) is 14.6. The second kappa shape index (κ2) is 6.19. The first-order valence-electron chi connectivity index (χ1n) is 8.80. The number of pyridine rings is 1. The average molecular weight is 341 g/mol. The Balaban J connectivity index is 1.58. The van der Waals surface area contributed by atoms with Crippen molar-refractivity contribution >= 4 is 11.8 Å². The van der Waals surface area contributed by atoms with Crippen LogP contribution in [-0.4, -0.2) is 35.5 Å². The zero-order valence-corrected chi connectivity index (χ0v) is 14.6. The standard InChI is InChI=1S/C19H23N3O3/c1-19(2)13-7-8-20-17(16(13)18(23)25-19)21-12-14(15-6-5-11-24-15)22-9-3-4-10-22/h5-8,11,14H,3-4,9-10,12H2,1-2H3,(H,20,21). The van der Waals surface area contributed by atoms with Gasteiger partial charge in [-0.15, -0.1) is 0 Å². The molecule has 2 aliphatic heterocycles. The number of anilines is 1. The van der Waals surface area contributed by atoms with Crippen molar-refractivity contribution in [3.05, 3.63) is 47.5 Å². The topological polar surface area (TPSA) is 67.6 Å². The van der Waals surface area contributed by atoms with Crippen molar-refractivity contribution < 1.29 is 13.9 Å². The molecule has 25 heavy (non-hydrogen) atoms. The smallest absolute Gasteiger partial charge is 0.343 e. The van der Waals surface area contributed by atoms with Gasteiger partial charge in [0, 0.05) is 18.3 Å². The lowest BCUT2D eigenvalue weighted by Gasteiger charge is -2.26. The maximum Gasteiger partial charge on any atom is 0.343 e. The van der Waals surface area contributed by atoms with Crippen LogP contribution >= 0.6 is 0 Å². The quantitative estimate of drug-likeness (QED) is 0.842. The Hall–Kier alpha value is -2.34. The van der Waals surface area contributed by atoms with Crippen molar-refractivity contribution in [3.8, 4) is 0 Å². The van der Waals surface area contributed by atoms with E-state index in [0.717, 1.165) is 24.4 Å². The van der Waals surface area contributed by atoms with Crippen LogP contribution in [0.15, 0.2) is 35.1 Å². The third kappa shape index (κ3) is 2.91. The van der Waals surface area contributed by atoms with Crippen molar-refractivity contribution in [2.24, 2.45) is 0 Å². The van der Waals surface area contributed by atoms with Crippen molar-refractivity contribution in [1.29, 1.82) is 0 Å². The molecule has 2 aromatic rings. The van der Waals surface area contributed by atoms with Gasteiger partial charge in [-0.25, -0.2) is 9.78 Å². The van der Waals surface area contributed by atoms with Gasteiger partial charge in [0.1, 0.15) is 22.7 Å². The second-order valence-corrected chi connectivity index (χ2v) is 7.14. The van der Waals surface area contributed by atoms with Crippen LogP contribution in [-0.2, 0) is 10.3 Å². The molecule has 1 fully saturated rings. The Morgan fingerprint density at radius 3 is 2.84 bits per heavy atom. The van der Waals surface area contributed by atoms with Gasteiger partial charge < -0.3 is 14.5 Å². The number of furan rings is 1. The summed E-state index contributed by atoms with van der Waals surface area (Å²) in [5.74, 6) is 1.21. The Bertz CT molecular complexity index is 764. The summed E-state index contributed by atoms with van der Waals surface area (Å²) in [5.41, 5.74) is 0.819. The van der Waals surface area contributed by atoms with E-state index in [1.165, 1.54) is 12.8 Å². The minimum atomic E-state index is -0.610. The van der Waals surface area contributed by atoms with Crippen LogP contribution in [0.5, 0.6) is 0 Å². The van der Waals surface area contributed by atoms with Gasteiger partial charge in [0.05, 0.1) is 12.3 Å². The molecule has 6 heteroatoms. The van der Waals surface area contributed by atoms with Crippen LogP contribution in [0.1, 0.15) is 54.4 Å². The normalized spacial score (nSPS) is 20.3. The first-order valence-corrected chi connectivity index (χ1v) is 8.80. The largest absolute Gasteiger partial charge is 0.468 e. The minimum Gasteiger partial charge on any atom is -0.468 e. The first kappa shape index (κ1) is 16.1. The third-order valence-corrected chi connectivity index (χ3v) is 5.07. The summed E-state index contributed by atoms with van der Waals surface area (Å²) in [6, 6.07) is 5.90. The number of carbonyl (C=O) groups excluding carboxylic acids is 1. The number of rotatable bonds is 5. The van der Waals surface area contributed by atoms with Crippen molar-refractivity contribution in [1.82, 2.24) is 9.88 Å². The zero-order chi connectivity index (χ0) is 17.4. The molecule has 0 aliphatic carbocycles. The summed E-state index contributed by atoms with van der Waals surface area (Å²) in [6.45, 7) is 6.54. The van der Waals surface area contributed by atoms with Gasteiger partial charge >= 0.3 is 5.97 Å². The highest BCUT2D eigenvalue weighted by Gasteiger charge is 2.40. The van der Waals surface area contributed by atoms with E-state index in [-0.39, 0.29) is 12.0 Å². The fourth-order valence-electron chi connectivity index (χ4n) is 3.78. The molecule has 2 aliphatic rings. The van der Waals surface area contributed by atoms with Crippen LogP contribution in [0.4, 0.5) is 5.82 Å². The van der Waals surface area contributed by atoms with Crippen molar-refractivity contribution in [3.63, 3.8) is 0 Å². The lowest BCUT2D eigenvalue weighted by atomic mass is 9.97. The molecule has 2 aromatic heterocycles. The van der Waals surface area contributed by atoms with Gasteiger partial charge in [-0.3, -0.25) is 4.90 Å². The molecule has 0 aromatic carbocycles. The lowest BCUT2D eigenvalue weighted by Crippen LogP contribution is -2.31. The van der Waals surface area contributed by atoms with Crippen LogP contribution in [0, 0.1) is 0 Å². The number of nitrogens with one attached hydrogen (secondary N) is 1. The lowest BCUT2D eigenvalue weighted by molar-refractivity contribution is 0.00958. The number of fused-ring (bicyclic) bond motifs is 1. The van der Waals surface area contributed by atoms with E-state index in [4.69, 9.17) is 9.15 Å². The van der Waals surface area contributed by atoms with E-state index in [9.17, 15) is 4.79 Å². The highest BCUT2D eigenvalue weighted by atomic mass is 16.6. The molecule has 0 radical (unpaired) electrons. The van der Waals surface area contributed by atoms with Gasteiger partial charge in [-0.1, -0.05) is 0 Å². The van der Waals surface area contributed by atoms with E-state index >= 15 is 0 Å². The fraction of sp³-hybridized carbons (Fsp3) is 0.474. The molecule has 0 spiro atoms. The number of hydrogen-bond acceptors (Lipinski definition) is 6. The predicted molar refractivity (Wildman–Crippen MR) is 93.4 cm³/mol. The third-order valence-electron chi connectivity index (χ3n) is 5.07. The van der Waals surface area contributed by atoms with Crippen LogP contribution in [0.3, 0.4) is 0 Å². The maximum atomic E-state index is 12.3. The Morgan fingerprint density at radius 2 is 2.12 bits per heavy atom. The molecule has 0 amide bonds. The molecular weight excluding hydrogens is 318 g/mol. The van der Waals surface area contributed by atoms with Crippen LogP contribution in [0.2, 0.25) is 0 Å². The summed E-state index contributed by atoms with van der Waals surface area (Å²) >= 11 is 0. The monoisotopic (exact) mass is 341 g/mol. The number of aromatic nitrogens is 1. The Kier molecular flexibility index (Phi) is 4.00. The van der Waals surface area contributed by atoms with Gasteiger partial charge in [0.25, 0.3) is 0 Å². The van der Waals surface area contributed by atoms with Gasteiger partial charge in [-0.2, -0.15) is 0 Å². The van der Waals surface area contributed by atoms with E-state index in [1.54, 1.807) is 12.5 Å². The van der Waals surface area contributed by atoms with Crippen LogP contribution in [0.25, 0.3) is 0 Å². The molecule has 4 rings (SSSR count). The van der Waals surface area contributed by atoms with E-state index in [1.807, 2.05) is 32.0 Å². The van der Waals surface area contributed by atoms with E-state index < -0.39 is 5.60 Å². The molecule has 0 bridgehead atoms. The number of hydrogen-bond donors (Lipinski definition) is 1. The molecule has 1 N–H and O–H groups in total. The molecule has 132 valence electrons. The highest BCUT2D eigenvalue weighted by molar-refractivity contribution is 5.99. The van der Waals surface area contributed by atoms with Gasteiger partial charge in [0.2, 0.25) is 0 Å². The summed E-state index contributed by atoms with van der Waals surface area (Å²) in [6.07, 6.45) is 5.84. The minimum absolute atomic E-state index is 0.126. The Morgan fingerprint density at radius 1 is 1.32 bits per heavy atom. The molecular formula is C19H23N3O3. The maximum absolute atomic E-state index is 12.3.